The van der Waals surface area contributed by atoms with Gasteiger partial charge in [-0.1, -0.05) is 28.1 Å². The summed E-state index contributed by atoms with van der Waals surface area (Å²) in [6.45, 7) is 6.22. The third kappa shape index (κ3) is 4.56. The van der Waals surface area contributed by atoms with Crippen LogP contribution in [-0.4, -0.2) is 45.7 Å². The van der Waals surface area contributed by atoms with Crippen molar-refractivity contribution >= 4 is 33.2 Å². The molecule has 1 amide bonds. The average molecular weight is 419 g/mol. The average Bonchev–Trinajstić information content (AvgIpc) is 2.65. The molecule has 1 saturated heterocycles. The number of nitrogens with zero attached hydrogens (tertiary/aromatic N) is 1. The largest absolute Gasteiger partial charge is 0.495 e. The van der Waals surface area contributed by atoms with Crippen molar-refractivity contribution in [1.29, 1.82) is 0 Å². The van der Waals surface area contributed by atoms with Crippen LogP contribution >= 0.6 is 15.9 Å². The number of hydrogen-bond donors (Lipinski definition) is 2. The van der Waals surface area contributed by atoms with Crippen LogP contribution in [0, 0.1) is 6.92 Å². The van der Waals surface area contributed by atoms with Crippen molar-refractivity contribution in [2.24, 2.45) is 0 Å². The maximum absolute atomic E-state index is 12.4. The zero-order valence-corrected chi connectivity index (χ0v) is 16.8. The number of rotatable bonds is 5. The van der Waals surface area contributed by atoms with Crippen molar-refractivity contribution < 1.29 is 14.4 Å². The van der Waals surface area contributed by atoms with Crippen LogP contribution in [0.4, 0.5) is 11.4 Å². The van der Waals surface area contributed by atoms with Crippen LogP contribution in [0.25, 0.3) is 0 Å². The Balaban J connectivity index is 1.52. The van der Waals surface area contributed by atoms with Gasteiger partial charge in [-0.3, -0.25) is 4.79 Å². The topological polar surface area (TPSA) is 46.0 Å². The molecule has 0 aliphatic carbocycles. The second kappa shape index (κ2) is 8.56. The van der Waals surface area contributed by atoms with E-state index in [0.717, 1.165) is 53.3 Å². The van der Waals surface area contributed by atoms with Crippen molar-refractivity contribution in [3.63, 3.8) is 0 Å². The van der Waals surface area contributed by atoms with E-state index in [-0.39, 0.29) is 5.91 Å². The molecule has 3 rings (SSSR count). The number of carbonyl (C=O) groups excluding carboxylic acids is 1. The Morgan fingerprint density at radius 2 is 1.96 bits per heavy atom. The van der Waals surface area contributed by atoms with Crippen LogP contribution in [0.5, 0.6) is 5.75 Å². The van der Waals surface area contributed by atoms with Crippen molar-refractivity contribution in [3.8, 4) is 5.75 Å². The second-order valence-corrected chi connectivity index (χ2v) is 7.45. The van der Waals surface area contributed by atoms with Gasteiger partial charge in [-0.25, -0.2) is 0 Å². The number of piperazine rings is 1. The lowest BCUT2D eigenvalue weighted by atomic mass is 10.2. The second-order valence-electron chi connectivity index (χ2n) is 6.60. The van der Waals surface area contributed by atoms with Gasteiger partial charge in [-0.2, -0.15) is 0 Å². The summed E-state index contributed by atoms with van der Waals surface area (Å²) in [6, 6.07) is 14.0. The van der Waals surface area contributed by atoms with Crippen LogP contribution in [-0.2, 0) is 4.79 Å². The van der Waals surface area contributed by atoms with Gasteiger partial charge in [-0.05, 0) is 42.8 Å². The summed E-state index contributed by atoms with van der Waals surface area (Å²) in [7, 11) is 1.70. The van der Waals surface area contributed by atoms with E-state index in [9.17, 15) is 4.79 Å². The number of carbonyl (C=O) groups is 1. The molecule has 1 heterocycles. The molecule has 0 radical (unpaired) electrons. The number of ether oxygens (including phenoxy) is 1. The van der Waals surface area contributed by atoms with E-state index in [1.807, 2.05) is 43.3 Å². The van der Waals surface area contributed by atoms with Crippen molar-refractivity contribution in [1.82, 2.24) is 0 Å². The summed E-state index contributed by atoms with van der Waals surface area (Å²) in [6.07, 6.45) is 0. The summed E-state index contributed by atoms with van der Waals surface area (Å²) in [4.78, 5) is 16.0. The number of halogens is 1. The summed E-state index contributed by atoms with van der Waals surface area (Å²) >= 11 is 3.48. The lowest BCUT2D eigenvalue weighted by Crippen LogP contribution is -3.15. The lowest BCUT2D eigenvalue weighted by molar-refractivity contribution is -0.892. The fraction of sp³-hybridized carbons (Fsp3) is 0.350. The number of anilines is 2. The molecule has 0 spiro atoms. The van der Waals surface area contributed by atoms with Gasteiger partial charge in [0.1, 0.15) is 5.75 Å². The Morgan fingerprint density at radius 3 is 2.65 bits per heavy atom. The molecule has 138 valence electrons. The number of benzene rings is 2. The Bertz CT molecular complexity index is 773. The van der Waals surface area contributed by atoms with Crippen LogP contribution in [0.15, 0.2) is 46.9 Å². The zero-order valence-electron chi connectivity index (χ0n) is 15.2. The first-order valence-electron chi connectivity index (χ1n) is 8.84. The zero-order chi connectivity index (χ0) is 18.5. The Labute approximate surface area is 163 Å². The van der Waals surface area contributed by atoms with Gasteiger partial charge in [0.05, 0.1) is 39.0 Å². The van der Waals surface area contributed by atoms with Crippen LogP contribution in [0.1, 0.15) is 5.56 Å². The highest BCUT2D eigenvalue weighted by Gasteiger charge is 2.23. The molecule has 0 atom stereocenters. The van der Waals surface area contributed by atoms with Gasteiger partial charge in [0.15, 0.2) is 6.54 Å². The number of amides is 1. The molecule has 0 aromatic heterocycles. The molecule has 1 fully saturated rings. The first-order chi connectivity index (χ1) is 12.6. The third-order valence-corrected chi connectivity index (χ3v) is 5.64. The fourth-order valence-electron chi connectivity index (χ4n) is 3.29. The standard InChI is InChI=1S/C20H24BrN3O2/c1-15-13-16(7-8-17(15)21)22-20(25)14-23-9-11-24(12-10-23)18-5-3-4-6-19(18)26-2/h3-8,13H,9-12,14H2,1-2H3,(H,22,25)/p+1. The summed E-state index contributed by atoms with van der Waals surface area (Å²) in [5.41, 5.74) is 3.09. The molecular weight excluding hydrogens is 394 g/mol. The van der Waals surface area contributed by atoms with Crippen molar-refractivity contribution in [3.05, 3.63) is 52.5 Å². The Kier molecular flexibility index (Phi) is 6.16. The molecule has 5 nitrogen and oxygen atoms in total. The molecular formula is C20H25BrN3O2+. The summed E-state index contributed by atoms with van der Waals surface area (Å²) in [5, 5.41) is 3.00. The molecule has 0 bridgehead atoms. The number of nitrogens with one attached hydrogen (secondary N) is 2. The highest BCUT2D eigenvalue weighted by atomic mass is 79.9. The van der Waals surface area contributed by atoms with Gasteiger partial charge in [0, 0.05) is 10.2 Å². The summed E-state index contributed by atoms with van der Waals surface area (Å²) in [5.74, 6) is 0.965. The normalized spacial score (nSPS) is 15.0. The van der Waals surface area contributed by atoms with E-state index >= 15 is 0 Å². The minimum atomic E-state index is 0.0625. The first kappa shape index (κ1) is 18.7. The smallest absolute Gasteiger partial charge is 0.279 e. The van der Waals surface area contributed by atoms with Gasteiger partial charge in [0.25, 0.3) is 5.91 Å². The number of aryl methyl sites for hydroxylation is 1. The van der Waals surface area contributed by atoms with E-state index in [0.29, 0.717) is 6.54 Å². The van der Waals surface area contributed by atoms with Crippen LogP contribution in [0.3, 0.4) is 0 Å². The van der Waals surface area contributed by atoms with Gasteiger partial charge >= 0.3 is 0 Å². The molecule has 2 N–H and O–H groups in total. The van der Waals surface area contributed by atoms with E-state index in [1.165, 1.54) is 4.90 Å². The van der Waals surface area contributed by atoms with Gasteiger partial charge in [0.2, 0.25) is 0 Å². The molecule has 0 unspecified atom stereocenters. The number of quaternary nitrogens is 1. The Hall–Kier alpha value is -2.05. The van der Waals surface area contributed by atoms with E-state index < -0.39 is 0 Å². The minimum Gasteiger partial charge on any atom is -0.495 e. The van der Waals surface area contributed by atoms with Crippen LogP contribution < -0.4 is 19.9 Å². The maximum atomic E-state index is 12.4. The van der Waals surface area contributed by atoms with E-state index in [2.05, 4.69) is 32.2 Å². The number of para-hydroxylation sites is 2. The SMILES string of the molecule is COc1ccccc1N1CC[NH+](CC(=O)Nc2ccc(Br)c(C)c2)CC1. The fourth-order valence-corrected chi connectivity index (χ4v) is 3.53. The molecule has 2 aromatic carbocycles. The predicted octanol–water partition coefficient (Wildman–Crippen LogP) is 2.11. The lowest BCUT2D eigenvalue weighted by Gasteiger charge is -2.34. The van der Waals surface area contributed by atoms with E-state index in [1.54, 1.807) is 7.11 Å². The minimum absolute atomic E-state index is 0.0625. The van der Waals surface area contributed by atoms with Crippen molar-refractivity contribution in [2.75, 3.05) is 50.1 Å². The number of hydrogen-bond acceptors (Lipinski definition) is 3. The molecule has 2 aromatic rings. The third-order valence-electron chi connectivity index (χ3n) is 4.75. The molecule has 1 aliphatic heterocycles. The summed E-state index contributed by atoms with van der Waals surface area (Å²) < 4.78 is 6.51. The Morgan fingerprint density at radius 1 is 1.23 bits per heavy atom. The monoisotopic (exact) mass is 418 g/mol. The highest BCUT2D eigenvalue weighted by Crippen LogP contribution is 2.27. The maximum Gasteiger partial charge on any atom is 0.279 e. The predicted molar refractivity (Wildman–Crippen MR) is 108 cm³/mol. The molecule has 6 heteroatoms. The van der Waals surface area contributed by atoms with Gasteiger partial charge in [-0.15, -0.1) is 0 Å². The quantitative estimate of drug-likeness (QED) is 0.781. The number of methoxy groups -OCH3 is 1. The molecule has 1 aliphatic rings. The highest BCUT2D eigenvalue weighted by molar-refractivity contribution is 9.10. The van der Waals surface area contributed by atoms with Crippen molar-refractivity contribution in [2.45, 2.75) is 6.92 Å². The first-order valence-corrected chi connectivity index (χ1v) is 9.63. The van der Waals surface area contributed by atoms with E-state index in [4.69, 9.17) is 4.74 Å². The van der Waals surface area contributed by atoms with Crippen LogP contribution in [0.2, 0.25) is 0 Å². The molecule has 26 heavy (non-hydrogen) atoms. The van der Waals surface area contributed by atoms with Gasteiger partial charge < -0.3 is 19.9 Å². The molecule has 0 saturated carbocycles.